The van der Waals surface area contributed by atoms with E-state index >= 15 is 0 Å². The van der Waals surface area contributed by atoms with Gasteiger partial charge in [0, 0.05) is 45.1 Å². The third-order valence-electron chi connectivity index (χ3n) is 4.77. The zero-order valence-electron chi connectivity index (χ0n) is 11.8. The van der Waals surface area contributed by atoms with E-state index in [1.54, 1.807) is 7.11 Å². The van der Waals surface area contributed by atoms with Crippen molar-refractivity contribution in [2.45, 2.75) is 42.9 Å². The Morgan fingerprint density at radius 2 is 2.32 bits per heavy atom. The first-order chi connectivity index (χ1) is 9.26. The van der Waals surface area contributed by atoms with E-state index in [1.165, 1.54) is 17.9 Å². The first kappa shape index (κ1) is 14.1. The molecule has 0 saturated carbocycles. The van der Waals surface area contributed by atoms with Crippen molar-refractivity contribution in [1.29, 1.82) is 0 Å². The van der Waals surface area contributed by atoms with Crippen molar-refractivity contribution in [1.82, 2.24) is 5.32 Å². The summed E-state index contributed by atoms with van der Waals surface area (Å²) in [6.07, 6.45) is 4.49. The summed E-state index contributed by atoms with van der Waals surface area (Å²) in [6, 6.07) is 0.570. The van der Waals surface area contributed by atoms with Crippen molar-refractivity contribution >= 4 is 11.8 Å². The molecule has 1 N–H and O–H groups in total. The van der Waals surface area contributed by atoms with Crippen LogP contribution in [0.25, 0.3) is 0 Å². The highest BCUT2D eigenvalue weighted by molar-refractivity contribution is 7.99. The highest BCUT2D eigenvalue weighted by Gasteiger charge is 2.41. The molecule has 0 amide bonds. The molecule has 0 aromatic carbocycles. The van der Waals surface area contributed by atoms with Crippen LogP contribution in [-0.2, 0) is 14.2 Å². The summed E-state index contributed by atoms with van der Waals surface area (Å²) < 4.78 is 17.2. The van der Waals surface area contributed by atoms with Crippen LogP contribution in [0, 0.1) is 0 Å². The molecule has 3 unspecified atom stereocenters. The summed E-state index contributed by atoms with van der Waals surface area (Å²) in [7, 11) is 1.80. The Bertz CT molecular complexity index is 301. The molecular formula is C14H25NO3S. The predicted octanol–water partition coefficient (Wildman–Crippen LogP) is 1.44. The SMILES string of the molecule is COC1(CNC2CCOC3(CCSC3)C2)CCOC1. The molecule has 0 bridgehead atoms. The molecule has 5 heteroatoms. The van der Waals surface area contributed by atoms with Gasteiger partial charge in [-0.05, 0) is 25.0 Å². The summed E-state index contributed by atoms with van der Waals surface area (Å²) in [4.78, 5) is 0. The molecule has 0 aromatic heterocycles. The maximum atomic E-state index is 6.06. The third-order valence-corrected chi connectivity index (χ3v) is 6.00. The Balaban J connectivity index is 1.52. The monoisotopic (exact) mass is 287 g/mol. The minimum Gasteiger partial charge on any atom is -0.378 e. The largest absolute Gasteiger partial charge is 0.378 e. The van der Waals surface area contributed by atoms with Crippen LogP contribution in [0.1, 0.15) is 25.7 Å². The summed E-state index contributed by atoms with van der Waals surface area (Å²) in [5.74, 6) is 2.42. The van der Waals surface area contributed by atoms with Gasteiger partial charge in [-0.1, -0.05) is 0 Å². The number of hydrogen-bond acceptors (Lipinski definition) is 5. The van der Waals surface area contributed by atoms with Crippen molar-refractivity contribution in [2.75, 3.05) is 45.0 Å². The maximum absolute atomic E-state index is 6.06. The Labute approximate surface area is 119 Å². The fourth-order valence-electron chi connectivity index (χ4n) is 3.36. The molecule has 3 fully saturated rings. The van der Waals surface area contributed by atoms with Crippen LogP contribution in [-0.4, -0.2) is 62.2 Å². The van der Waals surface area contributed by atoms with E-state index in [9.17, 15) is 0 Å². The van der Waals surface area contributed by atoms with Crippen LogP contribution < -0.4 is 5.32 Å². The van der Waals surface area contributed by atoms with Gasteiger partial charge in [-0.2, -0.15) is 11.8 Å². The van der Waals surface area contributed by atoms with E-state index in [0.717, 1.165) is 45.6 Å². The molecule has 3 aliphatic heterocycles. The highest BCUT2D eigenvalue weighted by Crippen LogP contribution is 2.38. The lowest BCUT2D eigenvalue weighted by atomic mass is 9.89. The average Bonchev–Trinajstić information content (AvgIpc) is 3.07. The van der Waals surface area contributed by atoms with Gasteiger partial charge < -0.3 is 19.5 Å². The highest BCUT2D eigenvalue weighted by atomic mass is 32.2. The van der Waals surface area contributed by atoms with Gasteiger partial charge in [0.15, 0.2) is 0 Å². The van der Waals surface area contributed by atoms with Gasteiger partial charge in [0.1, 0.15) is 5.60 Å². The first-order valence-electron chi connectivity index (χ1n) is 7.34. The fourth-order valence-corrected chi connectivity index (χ4v) is 4.73. The summed E-state index contributed by atoms with van der Waals surface area (Å²) in [5, 5.41) is 3.71. The summed E-state index contributed by atoms with van der Waals surface area (Å²) >= 11 is 2.03. The Morgan fingerprint density at radius 3 is 3.00 bits per heavy atom. The number of nitrogens with one attached hydrogen (secondary N) is 1. The van der Waals surface area contributed by atoms with Crippen LogP contribution in [0.15, 0.2) is 0 Å². The third kappa shape index (κ3) is 3.10. The number of ether oxygens (including phenoxy) is 3. The molecule has 3 saturated heterocycles. The number of thioether (sulfide) groups is 1. The Kier molecular flexibility index (Phi) is 4.39. The van der Waals surface area contributed by atoms with E-state index in [1.807, 2.05) is 11.8 Å². The van der Waals surface area contributed by atoms with Crippen LogP contribution in [0.2, 0.25) is 0 Å². The van der Waals surface area contributed by atoms with E-state index in [4.69, 9.17) is 14.2 Å². The number of methoxy groups -OCH3 is 1. The topological polar surface area (TPSA) is 39.7 Å². The van der Waals surface area contributed by atoms with Crippen LogP contribution in [0.5, 0.6) is 0 Å². The normalized spacial score (nSPS) is 43.1. The summed E-state index contributed by atoms with van der Waals surface area (Å²) in [5.41, 5.74) is 0.0584. The maximum Gasteiger partial charge on any atom is 0.106 e. The molecule has 3 aliphatic rings. The van der Waals surface area contributed by atoms with E-state index in [-0.39, 0.29) is 11.2 Å². The zero-order valence-corrected chi connectivity index (χ0v) is 12.6. The molecule has 3 heterocycles. The Morgan fingerprint density at radius 1 is 1.37 bits per heavy atom. The minimum absolute atomic E-state index is 0.101. The van der Waals surface area contributed by atoms with Crippen molar-refractivity contribution in [2.24, 2.45) is 0 Å². The second-order valence-electron chi connectivity index (χ2n) is 6.09. The van der Waals surface area contributed by atoms with Crippen LogP contribution in [0.3, 0.4) is 0 Å². The van der Waals surface area contributed by atoms with E-state index in [2.05, 4.69) is 5.32 Å². The average molecular weight is 287 g/mol. The minimum atomic E-state index is -0.101. The fraction of sp³-hybridized carbons (Fsp3) is 1.00. The van der Waals surface area contributed by atoms with Crippen LogP contribution in [0.4, 0.5) is 0 Å². The lowest BCUT2D eigenvalue weighted by molar-refractivity contribution is -0.0753. The molecule has 1 spiro atoms. The number of rotatable bonds is 4. The first-order valence-corrected chi connectivity index (χ1v) is 8.49. The van der Waals surface area contributed by atoms with Crippen molar-refractivity contribution in [3.8, 4) is 0 Å². The Hall–Kier alpha value is 0.190. The van der Waals surface area contributed by atoms with Gasteiger partial charge in [-0.15, -0.1) is 0 Å². The summed E-state index contributed by atoms with van der Waals surface area (Å²) in [6.45, 7) is 3.34. The molecular weight excluding hydrogens is 262 g/mol. The van der Waals surface area contributed by atoms with E-state index < -0.39 is 0 Å². The van der Waals surface area contributed by atoms with Gasteiger partial charge in [0.2, 0.25) is 0 Å². The standard InChI is InChI=1S/C14H25NO3S/c1-16-14(3-6-17-10-14)9-15-12-2-5-18-13(8-12)4-7-19-11-13/h12,15H,2-11H2,1H3. The number of hydrogen-bond donors (Lipinski definition) is 1. The van der Waals surface area contributed by atoms with Crippen LogP contribution >= 0.6 is 11.8 Å². The van der Waals surface area contributed by atoms with Crippen molar-refractivity contribution < 1.29 is 14.2 Å². The smallest absolute Gasteiger partial charge is 0.106 e. The molecule has 110 valence electrons. The van der Waals surface area contributed by atoms with Gasteiger partial charge in [0.25, 0.3) is 0 Å². The molecule has 4 nitrogen and oxygen atoms in total. The second-order valence-corrected chi connectivity index (χ2v) is 7.20. The zero-order chi connectivity index (χ0) is 13.2. The van der Waals surface area contributed by atoms with Gasteiger partial charge >= 0.3 is 0 Å². The van der Waals surface area contributed by atoms with Crippen molar-refractivity contribution in [3.63, 3.8) is 0 Å². The van der Waals surface area contributed by atoms with E-state index in [0.29, 0.717) is 6.04 Å². The molecule has 3 rings (SSSR count). The molecule has 0 aliphatic carbocycles. The lowest BCUT2D eigenvalue weighted by Crippen LogP contribution is -2.52. The molecule has 0 aromatic rings. The second kappa shape index (κ2) is 5.90. The van der Waals surface area contributed by atoms with Crippen molar-refractivity contribution in [3.05, 3.63) is 0 Å². The van der Waals surface area contributed by atoms with Gasteiger partial charge in [-0.3, -0.25) is 0 Å². The lowest BCUT2D eigenvalue weighted by Gasteiger charge is -2.39. The quantitative estimate of drug-likeness (QED) is 0.847. The molecule has 0 radical (unpaired) electrons. The predicted molar refractivity (Wildman–Crippen MR) is 76.8 cm³/mol. The molecule has 3 atom stereocenters. The molecule has 19 heavy (non-hydrogen) atoms. The van der Waals surface area contributed by atoms with Gasteiger partial charge in [-0.25, -0.2) is 0 Å². The van der Waals surface area contributed by atoms with Gasteiger partial charge in [0.05, 0.1) is 12.2 Å².